The van der Waals surface area contributed by atoms with Crippen LogP contribution in [-0.2, 0) is 18.9 Å². The van der Waals surface area contributed by atoms with Gasteiger partial charge in [-0.05, 0) is 40.0 Å². The van der Waals surface area contributed by atoms with Gasteiger partial charge in [0, 0.05) is 40.3 Å². The van der Waals surface area contributed by atoms with Crippen LogP contribution in [0.2, 0.25) is 0 Å². The molecule has 0 aromatic carbocycles. The second-order valence-corrected chi connectivity index (χ2v) is 5.39. The van der Waals surface area contributed by atoms with Crippen LogP contribution in [0.1, 0.15) is 53.9 Å². The number of ether oxygens (including phenoxy) is 4. The van der Waals surface area contributed by atoms with Crippen molar-refractivity contribution in [2.24, 2.45) is 5.92 Å². The van der Waals surface area contributed by atoms with E-state index in [0.717, 1.165) is 19.3 Å². The molecule has 0 aromatic rings. The lowest BCUT2D eigenvalue weighted by Crippen LogP contribution is -2.35. The fraction of sp³-hybridized carbons (Fsp3) is 1.00. The van der Waals surface area contributed by atoms with E-state index in [1.807, 2.05) is 27.7 Å². The van der Waals surface area contributed by atoms with Crippen LogP contribution >= 0.6 is 0 Å². The van der Waals surface area contributed by atoms with Gasteiger partial charge in [0.15, 0.2) is 11.6 Å². The van der Waals surface area contributed by atoms with E-state index in [-0.39, 0.29) is 0 Å². The number of hydrogen-bond acceptors (Lipinski definition) is 4. The molecular formula is C15H32O4. The minimum atomic E-state index is -0.507. The van der Waals surface area contributed by atoms with Crippen molar-refractivity contribution in [1.82, 2.24) is 0 Å². The van der Waals surface area contributed by atoms with Crippen LogP contribution in [-0.4, -0.2) is 39.0 Å². The highest BCUT2D eigenvalue weighted by Crippen LogP contribution is 2.28. The van der Waals surface area contributed by atoms with Crippen molar-refractivity contribution >= 4 is 0 Å². The van der Waals surface area contributed by atoms with E-state index in [1.54, 1.807) is 14.2 Å². The molecule has 0 aromatic heterocycles. The fourth-order valence-corrected chi connectivity index (χ4v) is 2.29. The van der Waals surface area contributed by atoms with Gasteiger partial charge in [0.25, 0.3) is 0 Å². The average Bonchev–Trinajstić information content (AvgIpc) is 2.37. The molecule has 0 heterocycles. The Bertz CT molecular complexity index is 220. The van der Waals surface area contributed by atoms with E-state index in [4.69, 9.17) is 18.9 Å². The first-order valence-electron chi connectivity index (χ1n) is 7.23. The van der Waals surface area contributed by atoms with Crippen LogP contribution in [0.5, 0.6) is 0 Å². The molecule has 0 spiro atoms. The van der Waals surface area contributed by atoms with Gasteiger partial charge in [-0.25, -0.2) is 0 Å². The quantitative estimate of drug-likeness (QED) is 0.540. The first-order chi connectivity index (χ1) is 8.84. The molecule has 1 atom stereocenters. The molecule has 19 heavy (non-hydrogen) atoms. The zero-order valence-corrected chi connectivity index (χ0v) is 13.7. The largest absolute Gasteiger partial charge is 0.353 e. The zero-order chi connectivity index (χ0) is 14.9. The molecule has 0 bridgehead atoms. The van der Waals surface area contributed by atoms with Gasteiger partial charge >= 0.3 is 0 Å². The summed E-state index contributed by atoms with van der Waals surface area (Å²) in [7, 11) is 3.36. The summed E-state index contributed by atoms with van der Waals surface area (Å²) < 4.78 is 22.2. The predicted molar refractivity (Wildman–Crippen MR) is 77.1 cm³/mol. The lowest BCUT2D eigenvalue weighted by molar-refractivity contribution is -0.229. The average molecular weight is 276 g/mol. The highest BCUT2D eigenvalue weighted by molar-refractivity contribution is 4.71. The summed E-state index contributed by atoms with van der Waals surface area (Å²) in [4.78, 5) is 0. The summed E-state index contributed by atoms with van der Waals surface area (Å²) in [5.41, 5.74) is 0. The third-order valence-electron chi connectivity index (χ3n) is 3.57. The molecule has 0 aliphatic rings. The van der Waals surface area contributed by atoms with Gasteiger partial charge in [-0.15, -0.1) is 0 Å². The predicted octanol–water partition coefficient (Wildman–Crippen LogP) is 3.59. The second kappa shape index (κ2) is 8.90. The van der Waals surface area contributed by atoms with E-state index in [1.165, 1.54) is 0 Å². The molecule has 0 aliphatic heterocycles. The molecule has 0 fully saturated rings. The second-order valence-electron chi connectivity index (χ2n) is 5.39. The molecule has 4 heteroatoms. The Balaban J connectivity index is 4.28. The van der Waals surface area contributed by atoms with Crippen LogP contribution in [0.15, 0.2) is 0 Å². The third kappa shape index (κ3) is 7.25. The van der Waals surface area contributed by atoms with Gasteiger partial charge in [0.1, 0.15) is 0 Å². The van der Waals surface area contributed by atoms with Crippen molar-refractivity contribution in [3.8, 4) is 0 Å². The van der Waals surface area contributed by atoms with Gasteiger partial charge in [-0.2, -0.15) is 0 Å². The normalized spacial score (nSPS) is 14.7. The first-order valence-corrected chi connectivity index (χ1v) is 7.23. The molecule has 0 rings (SSSR count). The molecule has 0 saturated heterocycles. The van der Waals surface area contributed by atoms with Crippen molar-refractivity contribution < 1.29 is 18.9 Å². The van der Waals surface area contributed by atoms with E-state index in [0.29, 0.717) is 19.1 Å². The molecular weight excluding hydrogens is 244 g/mol. The van der Waals surface area contributed by atoms with E-state index in [2.05, 4.69) is 6.92 Å². The maximum Gasteiger partial charge on any atom is 0.165 e. The molecule has 0 aliphatic carbocycles. The molecule has 116 valence electrons. The molecule has 1 unspecified atom stereocenters. The maximum absolute atomic E-state index is 5.72. The summed E-state index contributed by atoms with van der Waals surface area (Å²) in [6, 6.07) is 0. The van der Waals surface area contributed by atoms with E-state index >= 15 is 0 Å². The van der Waals surface area contributed by atoms with Gasteiger partial charge < -0.3 is 18.9 Å². The Morgan fingerprint density at radius 3 is 1.74 bits per heavy atom. The van der Waals surface area contributed by atoms with Crippen molar-refractivity contribution in [1.29, 1.82) is 0 Å². The van der Waals surface area contributed by atoms with Gasteiger partial charge in [0.2, 0.25) is 0 Å². The van der Waals surface area contributed by atoms with Crippen molar-refractivity contribution in [2.75, 3.05) is 27.4 Å². The zero-order valence-electron chi connectivity index (χ0n) is 13.7. The smallest absolute Gasteiger partial charge is 0.165 e. The molecule has 0 amide bonds. The van der Waals surface area contributed by atoms with Crippen LogP contribution in [0.25, 0.3) is 0 Å². The molecule has 0 radical (unpaired) electrons. The Morgan fingerprint density at radius 2 is 1.37 bits per heavy atom. The van der Waals surface area contributed by atoms with Crippen LogP contribution < -0.4 is 0 Å². The Labute approximate surface area is 118 Å². The van der Waals surface area contributed by atoms with Crippen LogP contribution in [0.3, 0.4) is 0 Å². The minimum Gasteiger partial charge on any atom is -0.353 e. The number of hydrogen-bond donors (Lipinski definition) is 0. The molecule has 4 nitrogen and oxygen atoms in total. The maximum atomic E-state index is 5.72. The molecule has 0 saturated carbocycles. The fourth-order valence-electron chi connectivity index (χ4n) is 2.29. The van der Waals surface area contributed by atoms with Crippen LogP contribution in [0, 0.1) is 5.92 Å². The lowest BCUT2D eigenvalue weighted by Gasteiger charge is -2.33. The van der Waals surface area contributed by atoms with E-state index in [9.17, 15) is 0 Å². The van der Waals surface area contributed by atoms with Crippen LogP contribution in [0.4, 0.5) is 0 Å². The third-order valence-corrected chi connectivity index (χ3v) is 3.57. The van der Waals surface area contributed by atoms with Crippen molar-refractivity contribution in [3.05, 3.63) is 0 Å². The summed E-state index contributed by atoms with van der Waals surface area (Å²) in [6.07, 6.45) is 2.74. The van der Waals surface area contributed by atoms with Gasteiger partial charge in [0.05, 0.1) is 0 Å². The highest BCUT2D eigenvalue weighted by atomic mass is 16.7. The SMILES string of the molecule is CCOC(C)(CCC(C)CC(C)(OC)OC)OCC. The van der Waals surface area contributed by atoms with Crippen molar-refractivity contribution in [3.63, 3.8) is 0 Å². The Kier molecular flexibility index (Phi) is 8.83. The molecule has 0 N–H and O–H groups in total. The topological polar surface area (TPSA) is 36.9 Å². The number of methoxy groups -OCH3 is 2. The standard InChI is InChI=1S/C15H32O4/c1-8-18-14(4,19-9-2)11-10-13(3)12-15(5,16-6)17-7/h13H,8-12H2,1-7H3. The van der Waals surface area contributed by atoms with Crippen molar-refractivity contribution in [2.45, 2.75) is 65.5 Å². The van der Waals surface area contributed by atoms with E-state index < -0.39 is 11.6 Å². The summed E-state index contributed by atoms with van der Waals surface area (Å²) in [5.74, 6) is -0.508. The first kappa shape index (κ1) is 18.8. The summed E-state index contributed by atoms with van der Waals surface area (Å²) in [6.45, 7) is 11.5. The van der Waals surface area contributed by atoms with Gasteiger partial charge in [-0.3, -0.25) is 0 Å². The summed E-state index contributed by atoms with van der Waals surface area (Å²) in [5, 5.41) is 0. The number of rotatable bonds is 11. The van der Waals surface area contributed by atoms with Gasteiger partial charge in [-0.1, -0.05) is 6.92 Å². The summed E-state index contributed by atoms with van der Waals surface area (Å²) >= 11 is 0. The minimum absolute atomic E-state index is 0.477. The Morgan fingerprint density at radius 1 is 0.895 bits per heavy atom. The highest BCUT2D eigenvalue weighted by Gasteiger charge is 2.29. The lowest BCUT2D eigenvalue weighted by atomic mass is 9.94. The Hall–Kier alpha value is -0.160. The monoisotopic (exact) mass is 276 g/mol.